The van der Waals surface area contributed by atoms with Crippen molar-refractivity contribution in [2.45, 2.75) is 77.3 Å². The molecule has 8 aromatic rings. The van der Waals surface area contributed by atoms with Crippen LogP contribution in [0, 0.1) is 13.8 Å². The fraction of sp³-hybridized carbons (Fsp3) is 0.300. The monoisotopic (exact) mass is 756 g/mol. The molecule has 280 valence electrons. The van der Waals surface area contributed by atoms with Crippen LogP contribution in [0.25, 0.3) is 33.6 Å². The SMILES string of the molecule is CC(N)c1ccc(-n2cc(C3CC3)nn2)cc1.Cc1cc2c(Cl)ncnc2o1.Cc1cc2c(NC(C)c3ccc(-n4cc(C5CC5)nn4)cc3)ncnc2o1. The van der Waals surface area contributed by atoms with Crippen molar-refractivity contribution >= 4 is 39.6 Å². The number of furan rings is 2. The number of anilines is 1. The number of benzene rings is 2. The Kier molecular flexibility index (Phi) is 10.1. The number of hydrogen-bond donors (Lipinski definition) is 2. The Balaban J connectivity index is 0.000000130. The van der Waals surface area contributed by atoms with Crippen LogP contribution in [0.3, 0.4) is 0 Å². The van der Waals surface area contributed by atoms with Crippen molar-refractivity contribution in [2.24, 2.45) is 5.73 Å². The van der Waals surface area contributed by atoms with E-state index in [1.165, 1.54) is 38.3 Å². The van der Waals surface area contributed by atoms with E-state index >= 15 is 0 Å². The van der Waals surface area contributed by atoms with Crippen LogP contribution >= 0.6 is 11.6 Å². The van der Waals surface area contributed by atoms with E-state index < -0.39 is 0 Å². The van der Waals surface area contributed by atoms with Crippen LogP contribution in [0.5, 0.6) is 0 Å². The summed E-state index contributed by atoms with van der Waals surface area (Å²) >= 11 is 5.76. The maximum absolute atomic E-state index is 5.82. The number of nitrogens with zero attached hydrogens (tertiary/aromatic N) is 10. The van der Waals surface area contributed by atoms with Gasteiger partial charge in [0, 0.05) is 23.9 Å². The molecule has 2 aliphatic rings. The molecular weight excluding hydrogens is 716 g/mol. The number of nitrogens with one attached hydrogen (secondary N) is 1. The Hall–Kier alpha value is -5.99. The smallest absolute Gasteiger partial charge is 0.231 e. The summed E-state index contributed by atoms with van der Waals surface area (Å²) < 4.78 is 14.5. The molecule has 2 saturated carbocycles. The lowest BCUT2D eigenvalue weighted by Gasteiger charge is -2.15. The highest BCUT2D eigenvalue weighted by atomic mass is 35.5. The average molecular weight is 757 g/mol. The van der Waals surface area contributed by atoms with E-state index in [1.54, 1.807) is 0 Å². The lowest BCUT2D eigenvalue weighted by molar-refractivity contribution is 0.566. The molecule has 10 rings (SSSR count). The molecule has 55 heavy (non-hydrogen) atoms. The highest BCUT2D eigenvalue weighted by Gasteiger charge is 2.27. The summed E-state index contributed by atoms with van der Waals surface area (Å²) in [6.45, 7) is 7.84. The summed E-state index contributed by atoms with van der Waals surface area (Å²) in [6, 6.07) is 20.4. The number of halogens is 1. The number of aromatic nitrogens is 10. The fourth-order valence-electron chi connectivity index (χ4n) is 6.11. The molecule has 6 heterocycles. The largest absolute Gasteiger partial charge is 0.443 e. The second-order valence-electron chi connectivity index (χ2n) is 14.1. The van der Waals surface area contributed by atoms with E-state index in [0.29, 0.717) is 28.4 Å². The molecule has 0 amide bonds. The van der Waals surface area contributed by atoms with Crippen molar-refractivity contribution in [1.82, 2.24) is 49.9 Å². The van der Waals surface area contributed by atoms with Gasteiger partial charge in [-0.15, -0.1) is 10.2 Å². The lowest BCUT2D eigenvalue weighted by Crippen LogP contribution is -2.08. The van der Waals surface area contributed by atoms with Crippen LogP contribution in [0.1, 0.15) is 97.5 Å². The van der Waals surface area contributed by atoms with Gasteiger partial charge in [0.2, 0.25) is 11.4 Å². The molecule has 2 fully saturated rings. The average Bonchev–Trinajstić information content (AvgIpc) is 4.01. The lowest BCUT2D eigenvalue weighted by atomic mass is 10.1. The van der Waals surface area contributed by atoms with Crippen LogP contribution in [-0.2, 0) is 0 Å². The Bertz CT molecular complexity index is 2530. The van der Waals surface area contributed by atoms with Crippen LogP contribution < -0.4 is 11.1 Å². The first-order valence-electron chi connectivity index (χ1n) is 18.3. The van der Waals surface area contributed by atoms with Gasteiger partial charge in [-0.3, -0.25) is 0 Å². The number of hydrogen-bond acceptors (Lipinski definition) is 12. The van der Waals surface area contributed by atoms with Crippen molar-refractivity contribution in [2.75, 3.05) is 5.32 Å². The first-order valence-corrected chi connectivity index (χ1v) is 18.7. The molecule has 0 radical (unpaired) electrons. The van der Waals surface area contributed by atoms with Crippen LogP contribution in [0.15, 0.2) is 94.5 Å². The van der Waals surface area contributed by atoms with Crippen LogP contribution in [0.4, 0.5) is 5.82 Å². The van der Waals surface area contributed by atoms with Crippen molar-refractivity contribution in [1.29, 1.82) is 0 Å². The van der Waals surface area contributed by atoms with E-state index in [2.05, 4.69) is 77.1 Å². The van der Waals surface area contributed by atoms with Crippen molar-refractivity contribution in [3.63, 3.8) is 0 Å². The van der Waals surface area contributed by atoms with E-state index in [0.717, 1.165) is 62.0 Å². The van der Waals surface area contributed by atoms with Gasteiger partial charge in [0.05, 0.1) is 45.9 Å². The van der Waals surface area contributed by atoms with Gasteiger partial charge >= 0.3 is 0 Å². The summed E-state index contributed by atoms with van der Waals surface area (Å²) in [6.07, 6.45) is 11.9. The molecule has 2 unspecified atom stereocenters. The number of rotatable bonds is 8. The minimum Gasteiger partial charge on any atom is -0.443 e. The molecule has 14 nitrogen and oxygen atoms in total. The summed E-state index contributed by atoms with van der Waals surface area (Å²) in [4.78, 5) is 16.3. The van der Waals surface area contributed by atoms with Crippen LogP contribution in [-0.4, -0.2) is 49.9 Å². The molecule has 0 saturated heterocycles. The topological polar surface area (TPSA) is 177 Å². The third-order valence-electron chi connectivity index (χ3n) is 9.56. The highest BCUT2D eigenvalue weighted by Crippen LogP contribution is 2.39. The standard InChI is InChI=1S/C20H20N6O.C13H16N4.C7H5ClN2O/c1-12-9-17-19(21-11-22-20(17)27-12)23-13(2)14-5-7-16(8-6-14)26-10-18(24-25-26)15-3-4-15;1-9(14)10-4-6-12(7-5-10)17-8-13(15-16-17)11-2-3-11;1-4-2-5-6(8)9-3-10-7(5)11-4/h5-11,13,15H,3-4H2,1-2H3,(H,21,22,23);4-9,11H,2-3,14H2,1H3;2-3H,1H3. The molecule has 2 aromatic carbocycles. The summed E-state index contributed by atoms with van der Waals surface area (Å²) in [7, 11) is 0. The number of nitrogens with two attached hydrogens (primary N) is 1. The molecule has 3 N–H and O–H groups in total. The Morgan fingerprint density at radius 2 is 1.18 bits per heavy atom. The van der Waals surface area contributed by atoms with Crippen molar-refractivity contribution in [3.8, 4) is 11.4 Å². The van der Waals surface area contributed by atoms with Gasteiger partial charge in [0.15, 0.2) is 0 Å². The maximum atomic E-state index is 5.82. The van der Waals surface area contributed by atoms with E-state index in [1.807, 2.05) is 78.9 Å². The molecule has 15 heteroatoms. The van der Waals surface area contributed by atoms with E-state index in [4.69, 9.17) is 26.2 Å². The summed E-state index contributed by atoms with van der Waals surface area (Å²) in [5.41, 5.74) is 13.5. The van der Waals surface area contributed by atoms with Crippen molar-refractivity contribution < 1.29 is 8.83 Å². The van der Waals surface area contributed by atoms with Gasteiger partial charge in [-0.1, -0.05) is 46.3 Å². The highest BCUT2D eigenvalue weighted by molar-refractivity contribution is 6.33. The molecule has 2 atom stereocenters. The predicted molar refractivity (Wildman–Crippen MR) is 209 cm³/mol. The summed E-state index contributed by atoms with van der Waals surface area (Å²) in [5, 5.41) is 22.4. The van der Waals surface area contributed by atoms with E-state index in [9.17, 15) is 0 Å². The predicted octanol–water partition coefficient (Wildman–Crippen LogP) is 8.51. The maximum Gasteiger partial charge on any atom is 0.231 e. The zero-order chi connectivity index (χ0) is 38.1. The Morgan fingerprint density at radius 3 is 1.69 bits per heavy atom. The number of aryl methyl sites for hydroxylation is 2. The second kappa shape index (κ2) is 15.4. The fourth-order valence-corrected chi connectivity index (χ4v) is 6.29. The second-order valence-corrected chi connectivity index (χ2v) is 14.5. The zero-order valence-corrected chi connectivity index (χ0v) is 31.7. The van der Waals surface area contributed by atoms with Crippen LogP contribution in [0.2, 0.25) is 5.15 Å². The van der Waals surface area contributed by atoms with Crippen molar-refractivity contribution in [3.05, 3.63) is 125 Å². The summed E-state index contributed by atoms with van der Waals surface area (Å²) in [5.74, 6) is 3.65. The molecule has 6 aromatic heterocycles. The first-order chi connectivity index (χ1) is 26.7. The van der Waals surface area contributed by atoms with Gasteiger partial charge in [-0.05, 0) is 101 Å². The molecular formula is C40H41ClN12O2. The third-order valence-corrected chi connectivity index (χ3v) is 9.87. The Labute approximate surface area is 322 Å². The van der Waals surface area contributed by atoms with Gasteiger partial charge < -0.3 is 19.9 Å². The first kappa shape index (κ1) is 36.0. The molecule has 0 aliphatic heterocycles. The quantitative estimate of drug-likeness (QED) is 0.142. The van der Waals surface area contributed by atoms with Gasteiger partial charge in [0.25, 0.3) is 0 Å². The van der Waals surface area contributed by atoms with Gasteiger partial charge in [0.1, 0.15) is 35.1 Å². The zero-order valence-electron chi connectivity index (χ0n) is 31.0. The molecule has 0 spiro atoms. The van der Waals surface area contributed by atoms with E-state index in [-0.39, 0.29) is 12.1 Å². The molecule has 0 bridgehead atoms. The van der Waals surface area contributed by atoms with Gasteiger partial charge in [-0.25, -0.2) is 29.3 Å². The Morgan fingerprint density at radius 1 is 0.691 bits per heavy atom. The number of fused-ring (bicyclic) bond motifs is 2. The third kappa shape index (κ3) is 8.40. The van der Waals surface area contributed by atoms with Gasteiger partial charge in [-0.2, -0.15) is 0 Å². The normalized spacial score (nSPS) is 14.9. The minimum atomic E-state index is 0.0711. The minimum absolute atomic E-state index is 0.0711. The molecule has 2 aliphatic carbocycles.